The van der Waals surface area contributed by atoms with Gasteiger partial charge in [-0.2, -0.15) is 13.2 Å². The average Bonchev–Trinajstić information content (AvgIpc) is 2.40. The third kappa shape index (κ3) is 3.13. The van der Waals surface area contributed by atoms with Crippen LogP contribution in [0.1, 0.15) is 18.1 Å². The van der Waals surface area contributed by atoms with Gasteiger partial charge in [0, 0.05) is 0 Å². The zero-order chi connectivity index (χ0) is 14.8. The second-order valence-electron chi connectivity index (χ2n) is 4.49. The van der Waals surface area contributed by atoms with Gasteiger partial charge >= 0.3 is 6.18 Å². The molecule has 0 aliphatic carbocycles. The molecule has 0 unspecified atom stereocenters. The van der Waals surface area contributed by atoms with E-state index in [-0.39, 0.29) is 0 Å². The monoisotopic (exact) mass is 280 g/mol. The third-order valence-electron chi connectivity index (χ3n) is 3.02. The Kier molecular flexibility index (Phi) is 4.02. The first-order chi connectivity index (χ1) is 9.41. The van der Waals surface area contributed by atoms with Crippen molar-refractivity contribution in [3.05, 3.63) is 53.6 Å². The van der Waals surface area contributed by atoms with Gasteiger partial charge in [0.25, 0.3) is 0 Å². The summed E-state index contributed by atoms with van der Waals surface area (Å²) in [4.78, 5) is 0. The topological polar surface area (TPSA) is 9.23 Å². The molecule has 0 spiro atoms. The first-order valence-electron chi connectivity index (χ1n) is 6.33. The van der Waals surface area contributed by atoms with E-state index in [4.69, 9.17) is 4.74 Å². The van der Waals surface area contributed by atoms with Gasteiger partial charge in [0.1, 0.15) is 5.75 Å². The van der Waals surface area contributed by atoms with Gasteiger partial charge in [-0.1, -0.05) is 18.2 Å². The lowest BCUT2D eigenvalue weighted by atomic mass is 10.0. The number of halogens is 3. The third-order valence-corrected chi connectivity index (χ3v) is 3.02. The van der Waals surface area contributed by atoms with Crippen LogP contribution >= 0.6 is 0 Å². The molecule has 0 bridgehead atoms. The highest BCUT2D eigenvalue weighted by molar-refractivity contribution is 5.66. The molecule has 0 aliphatic rings. The minimum atomic E-state index is -4.30. The van der Waals surface area contributed by atoms with E-state index >= 15 is 0 Å². The normalized spacial score (nSPS) is 11.4. The molecule has 0 saturated heterocycles. The first-order valence-corrected chi connectivity index (χ1v) is 6.33. The van der Waals surface area contributed by atoms with E-state index in [1.165, 1.54) is 12.1 Å². The summed E-state index contributed by atoms with van der Waals surface area (Å²) in [5, 5.41) is 0. The second-order valence-corrected chi connectivity index (χ2v) is 4.49. The molecule has 0 atom stereocenters. The van der Waals surface area contributed by atoms with Crippen molar-refractivity contribution in [1.29, 1.82) is 0 Å². The van der Waals surface area contributed by atoms with Crippen LogP contribution in [-0.4, -0.2) is 6.61 Å². The predicted molar refractivity (Wildman–Crippen MR) is 72.8 cm³/mol. The summed E-state index contributed by atoms with van der Waals surface area (Å²) in [6, 6.07) is 10.8. The van der Waals surface area contributed by atoms with E-state index in [9.17, 15) is 13.2 Å². The quantitative estimate of drug-likeness (QED) is 0.761. The van der Waals surface area contributed by atoms with Crippen LogP contribution in [0.5, 0.6) is 5.75 Å². The van der Waals surface area contributed by atoms with Gasteiger partial charge in [-0.05, 0) is 54.8 Å². The van der Waals surface area contributed by atoms with Crippen LogP contribution in [0.2, 0.25) is 0 Å². The van der Waals surface area contributed by atoms with E-state index in [1.54, 1.807) is 0 Å². The molecule has 106 valence electrons. The van der Waals surface area contributed by atoms with Gasteiger partial charge < -0.3 is 4.74 Å². The summed E-state index contributed by atoms with van der Waals surface area (Å²) in [6.45, 7) is 4.41. The van der Waals surface area contributed by atoms with Crippen LogP contribution in [0.3, 0.4) is 0 Å². The Labute approximate surface area is 116 Å². The van der Waals surface area contributed by atoms with Gasteiger partial charge in [0.15, 0.2) is 0 Å². The standard InChI is InChI=1S/C16H15F3O/c1-3-20-15-9-6-13(10-11(15)2)12-4-7-14(8-5-12)16(17,18)19/h4-10H,3H2,1-2H3. The fourth-order valence-corrected chi connectivity index (χ4v) is 2.00. The van der Waals surface area contributed by atoms with E-state index in [0.717, 1.165) is 34.6 Å². The van der Waals surface area contributed by atoms with Gasteiger partial charge in [-0.25, -0.2) is 0 Å². The number of rotatable bonds is 3. The highest BCUT2D eigenvalue weighted by Crippen LogP contribution is 2.32. The van der Waals surface area contributed by atoms with Crippen molar-refractivity contribution in [1.82, 2.24) is 0 Å². The van der Waals surface area contributed by atoms with E-state index in [2.05, 4.69) is 0 Å². The lowest BCUT2D eigenvalue weighted by molar-refractivity contribution is -0.137. The van der Waals surface area contributed by atoms with Gasteiger partial charge in [-0.3, -0.25) is 0 Å². The van der Waals surface area contributed by atoms with Crippen LogP contribution in [0.25, 0.3) is 11.1 Å². The lowest BCUT2D eigenvalue weighted by Gasteiger charge is -2.10. The Morgan fingerprint density at radius 3 is 2.05 bits per heavy atom. The van der Waals surface area contributed by atoms with Crippen LogP contribution in [0.15, 0.2) is 42.5 Å². The molecule has 0 fully saturated rings. The molecule has 2 rings (SSSR count). The second kappa shape index (κ2) is 5.57. The van der Waals surface area contributed by atoms with Crippen molar-refractivity contribution in [2.45, 2.75) is 20.0 Å². The van der Waals surface area contributed by atoms with Crippen molar-refractivity contribution < 1.29 is 17.9 Å². The maximum atomic E-state index is 12.5. The summed E-state index contributed by atoms with van der Waals surface area (Å²) < 4.78 is 43.0. The van der Waals surface area contributed by atoms with E-state index in [1.807, 2.05) is 32.0 Å². The smallest absolute Gasteiger partial charge is 0.416 e. The Bertz CT molecular complexity index is 586. The average molecular weight is 280 g/mol. The van der Waals surface area contributed by atoms with Crippen molar-refractivity contribution >= 4 is 0 Å². The number of benzene rings is 2. The van der Waals surface area contributed by atoms with E-state index in [0.29, 0.717) is 6.61 Å². The highest BCUT2D eigenvalue weighted by atomic mass is 19.4. The van der Waals surface area contributed by atoms with Crippen LogP contribution < -0.4 is 4.74 Å². The number of hydrogen-bond donors (Lipinski definition) is 0. The zero-order valence-corrected chi connectivity index (χ0v) is 11.3. The molecule has 4 heteroatoms. The van der Waals surface area contributed by atoms with Crippen LogP contribution in [0.4, 0.5) is 13.2 Å². The molecular formula is C16H15F3O. The van der Waals surface area contributed by atoms with Crippen molar-refractivity contribution in [3.63, 3.8) is 0 Å². The zero-order valence-electron chi connectivity index (χ0n) is 11.3. The Morgan fingerprint density at radius 1 is 0.950 bits per heavy atom. The largest absolute Gasteiger partial charge is 0.494 e. The molecule has 0 radical (unpaired) electrons. The highest BCUT2D eigenvalue weighted by Gasteiger charge is 2.29. The molecule has 0 aromatic heterocycles. The molecule has 0 amide bonds. The minimum absolute atomic E-state index is 0.584. The number of hydrogen-bond acceptors (Lipinski definition) is 1. The van der Waals surface area contributed by atoms with Gasteiger partial charge in [-0.15, -0.1) is 0 Å². The Morgan fingerprint density at radius 2 is 1.55 bits per heavy atom. The maximum absolute atomic E-state index is 12.5. The summed E-state index contributed by atoms with van der Waals surface area (Å²) in [6.07, 6.45) is -4.30. The molecule has 0 N–H and O–H groups in total. The molecule has 0 heterocycles. The lowest BCUT2D eigenvalue weighted by Crippen LogP contribution is -2.04. The maximum Gasteiger partial charge on any atom is 0.416 e. The predicted octanol–water partition coefficient (Wildman–Crippen LogP) is 5.08. The van der Waals surface area contributed by atoms with Crippen molar-refractivity contribution in [2.24, 2.45) is 0 Å². The molecule has 0 aliphatic heterocycles. The van der Waals surface area contributed by atoms with Crippen LogP contribution in [0, 0.1) is 6.92 Å². The molecular weight excluding hydrogens is 265 g/mol. The molecule has 1 nitrogen and oxygen atoms in total. The minimum Gasteiger partial charge on any atom is -0.494 e. The fourth-order valence-electron chi connectivity index (χ4n) is 2.00. The molecule has 2 aromatic carbocycles. The molecule has 0 saturated carbocycles. The van der Waals surface area contributed by atoms with Gasteiger partial charge in [0.2, 0.25) is 0 Å². The molecule has 20 heavy (non-hydrogen) atoms. The van der Waals surface area contributed by atoms with Gasteiger partial charge in [0.05, 0.1) is 12.2 Å². The number of aryl methyl sites for hydroxylation is 1. The molecule has 2 aromatic rings. The number of alkyl halides is 3. The summed E-state index contributed by atoms with van der Waals surface area (Å²) >= 11 is 0. The number of ether oxygens (including phenoxy) is 1. The first kappa shape index (κ1) is 14.4. The van der Waals surface area contributed by atoms with Crippen molar-refractivity contribution in [3.8, 4) is 16.9 Å². The summed E-state index contributed by atoms with van der Waals surface area (Å²) in [5.74, 6) is 0.795. The van der Waals surface area contributed by atoms with Crippen LogP contribution in [-0.2, 0) is 6.18 Å². The summed E-state index contributed by atoms with van der Waals surface area (Å²) in [5.41, 5.74) is 1.96. The summed E-state index contributed by atoms with van der Waals surface area (Å²) in [7, 11) is 0. The van der Waals surface area contributed by atoms with Crippen molar-refractivity contribution in [2.75, 3.05) is 6.61 Å². The van der Waals surface area contributed by atoms with E-state index < -0.39 is 11.7 Å². The Balaban J connectivity index is 2.30. The SMILES string of the molecule is CCOc1ccc(-c2ccc(C(F)(F)F)cc2)cc1C. The fraction of sp³-hybridized carbons (Fsp3) is 0.250. The Hall–Kier alpha value is -1.97.